The quantitative estimate of drug-likeness (QED) is 0.813. The fourth-order valence-corrected chi connectivity index (χ4v) is 2.68. The van der Waals surface area contributed by atoms with Gasteiger partial charge in [0.15, 0.2) is 5.16 Å². The van der Waals surface area contributed by atoms with E-state index >= 15 is 0 Å². The van der Waals surface area contributed by atoms with E-state index in [0.717, 1.165) is 17.4 Å². The van der Waals surface area contributed by atoms with E-state index in [0.29, 0.717) is 11.8 Å². The average Bonchev–Trinajstić information content (AvgIpc) is 3.11. The van der Waals surface area contributed by atoms with E-state index in [2.05, 4.69) is 27.0 Å². The predicted octanol–water partition coefficient (Wildman–Crippen LogP) is 2.32. The second-order valence-corrected chi connectivity index (χ2v) is 6.65. The molecule has 19 heavy (non-hydrogen) atoms. The molecule has 1 aliphatic rings. The summed E-state index contributed by atoms with van der Waals surface area (Å²) in [6, 6.07) is 0.549. The molecule has 0 bridgehead atoms. The fourth-order valence-electron chi connectivity index (χ4n) is 1.83. The maximum atomic E-state index is 11.9. The third-order valence-electron chi connectivity index (χ3n) is 3.44. The van der Waals surface area contributed by atoms with Crippen molar-refractivity contribution >= 4 is 17.7 Å². The first-order valence-electron chi connectivity index (χ1n) is 6.78. The molecule has 0 aliphatic heterocycles. The summed E-state index contributed by atoms with van der Waals surface area (Å²) < 4.78 is 2.16. The molecule has 1 aromatic heterocycles. The number of hydrogen-bond acceptors (Lipinski definition) is 4. The van der Waals surface area contributed by atoms with Gasteiger partial charge in [0.1, 0.15) is 5.82 Å². The van der Waals surface area contributed by atoms with Crippen molar-refractivity contribution in [3.63, 3.8) is 0 Å². The minimum Gasteiger partial charge on any atom is -0.351 e. The van der Waals surface area contributed by atoms with Crippen molar-refractivity contribution < 1.29 is 4.79 Å². The zero-order valence-electron chi connectivity index (χ0n) is 12.1. The fraction of sp³-hybridized carbons (Fsp3) is 0.769. The van der Waals surface area contributed by atoms with Gasteiger partial charge in [-0.05, 0) is 40.0 Å². The van der Waals surface area contributed by atoms with Crippen LogP contribution in [0, 0.1) is 6.92 Å². The van der Waals surface area contributed by atoms with Crippen molar-refractivity contribution in [2.45, 2.75) is 63.7 Å². The number of aryl methyl sites for hydroxylation is 1. The molecule has 1 aliphatic carbocycles. The molecule has 0 unspecified atom stereocenters. The van der Waals surface area contributed by atoms with E-state index < -0.39 is 0 Å². The van der Waals surface area contributed by atoms with Gasteiger partial charge in [0.25, 0.3) is 0 Å². The van der Waals surface area contributed by atoms with Gasteiger partial charge in [-0.2, -0.15) is 0 Å². The van der Waals surface area contributed by atoms with E-state index in [4.69, 9.17) is 0 Å². The normalized spacial score (nSPS) is 15.6. The molecule has 1 saturated carbocycles. The van der Waals surface area contributed by atoms with Crippen LogP contribution >= 0.6 is 11.8 Å². The Hall–Kier alpha value is -1.04. The summed E-state index contributed by atoms with van der Waals surface area (Å²) in [4.78, 5) is 11.9. The van der Waals surface area contributed by atoms with Crippen LogP contribution in [0.2, 0.25) is 0 Å². The lowest BCUT2D eigenvalue weighted by Gasteiger charge is -2.24. The van der Waals surface area contributed by atoms with Crippen LogP contribution in [0.1, 0.15) is 51.9 Å². The van der Waals surface area contributed by atoms with Crippen LogP contribution in [0.4, 0.5) is 0 Å². The smallest absolute Gasteiger partial charge is 0.230 e. The first kappa shape index (κ1) is 14.4. The van der Waals surface area contributed by atoms with Gasteiger partial charge in [0.05, 0.1) is 5.75 Å². The Kier molecular flexibility index (Phi) is 4.18. The number of aromatic nitrogens is 3. The highest BCUT2D eigenvalue weighted by molar-refractivity contribution is 7.99. The summed E-state index contributed by atoms with van der Waals surface area (Å²) in [5, 5.41) is 12.2. The van der Waals surface area contributed by atoms with E-state index in [1.807, 2.05) is 20.8 Å². The molecular formula is C13H22N4OS. The lowest BCUT2D eigenvalue weighted by molar-refractivity contribution is -0.120. The van der Waals surface area contributed by atoms with Crippen LogP contribution in [0.3, 0.4) is 0 Å². The van der Waals surface area contributed by atoms with Gasteiger partial charge in [-0.15, -0.1) is 10.2 Å². The van der Waals surface area contributed by atoms with Crippen molar-refractivity contribution in [1.29, 1.82) is 0 Å². The zero-order chi connectivity index (χ0) is 14.0. The van der Waals surface area contributed by atoms with Gasteiger partial charge in [-0.3, -0.25) is 4.79 Å². The van der Waals surface area contributed by atoms with E-state index in [1.54, 1.807) is 0 Å². The molecule has 1 amide bonds. The molecule has 0 saturated heterocycles. The molecule has 2 rings (SSSR count). The molecule has 106 valence electrons. The predicted molar refractivity (Wildman–Crippen MR) is 76.3 cm³/mol. The van der Waals surface area contributed by atoms with Crippen LogP contribution in [-0.2, 0) is 4.79 Å². The van der Waals surface area contributed by atoms with Gasteiger partial charge < -0.3 is 9.88 Å². The minimum atomic E-state index is -0.141. The number of carbonyl (C=O) groups excluding carboxylic acids is 1. The Labute approximate surface area is 118 Å². The zero-order valence-corrected chi connectivity index (χ0v) is 12.9. The standard InChI is InChI=1S/C13H22N4OS/c1-5-13(3,4)14-11(18)8-19-12-16-15-9(2)17(12)10-6-7-10/h10H,5-8H2,1-4H3,(H,14,18). The molecule has 1 N–H and O–H groups in total. The van der Waals surface area contributed by atoms with Gasteiger partial charge in [-0.25, -0.2) is 0 Å². The summed E-state index contributed by atoms with van der Waals surface area (Å²) in [7, 11) is 0. The minimum absolute atomic E-state index is 0.0554. The third kappa shape index (κ3) is 3.72. The Balaban J connectivity index is 1.90. The number of rotatable bonds is 6. The highest BCUT2D eigenvalue weighted by Crippen LogP contribution is 2.38. The largest absolute Gasteiger partial charge is 0.351 e. The monoisotopic (exact) mass is 282 g/mol. The number of thioether (sulfide) groups is 1. The van der Waals surface area contributed by atoms with E-state index in [9.17, 15) is 4.79 Å². The lowest BCUT2D eigenvalue weighted by atomic mass is 10.0. The number of nitrogens with one attached hydrogen (secondary N) is 1. The van der Waals surface area contributed by atoms with Crippen LogP contribution in [0.5, 0.6) is 0 Å². The first-order valence-corrected chi connectivity index (χ1v) is 7.77. The Morgan fingerprint density at radius 3 is 2.74 bits per heavy atom. The van der Waals surface area contributed by atoms with Crippen molar-refractivity contribution in [1.82, 2.24) is 20.1 Å². The molecule has 5 nitrogen and oxygen atoms in total. The molecule has 0 atom stereocenters. The molecule has 0 radical (unpaired) electrons. The van der Waals surface area contributed by atoms with Gasteiger partial charge in [0.2, 0.25) is 5.91 Å². The summed E-state index contributed by atoms with van der Waals surface area (Å²) in [6.45, 7) is 8.11. The number of amides is 1. The molecular weight excluding hydrogens is 260 g/mol. The Bertz CT molecular complexity index is 465. The number of nitrogens with zero attached hydrogens (tertiary/aromatic N) is 3. The molecule has 6 heteroatoms. The number of carbonyl (C=O) groups is 1. The van der Waals surface area contributed by atoms with Crippen LogP contribution in [0.15, 0.2) is 5.16 Å². The van der Waals surface area contributed by atoms with Crippen molar-refractivity contribution in [3.8, 4) is 0 Å². The van der Waals surface area contributed by atoms with E-state index in [-0.39, 0.29) is 11.4 Å². The van der Waals surface area contributed by atoms with Crippen LogP contribution < -0.4 is 5.32 Å². The Morgan fingerprint density at radius 2 is 2.16 bits per heavy atom. The third-order valence-corrected chi connectivity index (χ3v) is 4.38. The van der Waals surface area contributed by atoms with Crippen LogP contribution in [-0.4, -0.2) is 32.0 Å². The highest BCUT2D eigenvalue weighted by atomic mass is 32.2. The van der Waals surface area contributed by atoms with Gasteiger partial charge in [0, 0.05) is 11.6 Å². The molecule has 1 aromatic rings. The molecule has 0 spiro atoms. The SMILES string of the molecule is CCC(C)(C)NC(=O)CSc1nnc(C)n1C1CC1. The van der Waals surface area contributed by atoms with Crippen molar-refractivity contribution in [3.05, 3.63) is 5.82 Å². The second kappa shape index (κ2) is 5.53. The van der Waals surface area contributed by atoms with Gasteiger partial charge in [-0.1, -0.05) is 18.7 Å². The second-order valence-electron chi connectivity index (χ2n) is 5.71. The van der Waals surface area contributed by atoms with E-state index in [1.165, 1.54) is 24.6 Å². The highest BCUT2D eigenvalue weighted by Gasteiger charge is 2.28. The number of hydrogen-bond donors (Lipinski definition) is 1. The molecule has 1 fully saturated rings. The van der Waals surface area contributed by atoms with Crippen LogP contribution in [0.25, 0.3) is 0 Å². The molecule has 1 heterocycles. The topological polar surface area (TPSA) is 59.8 Å². The van der Waals surface area contributed by atoms with Crippen molar-refractivity contribution in [2.75, 3.05) is 5.75 Å². The summed E-state index contributed by atoms with van der Waals surface area (Å²) in [5.41, 5.74) is -0.141. The maximum Gasteiger partial charge on any atom is 0.230 e. The first-order chi connectivity index (χ1) is 8.93. The Morgan fingerprint density at radius 1 is 1.47 bits per heavy atom. The van der Waals surface area contributed by atoms with Gasteiger partial charge >= 0.3 is 0 Å². The molecule has 0 aromatic carbocycles. The summed E-state index contributed by atoms with van der Waals surface area (Å²) in [5.74, 6) is 1.40. The lowest BCUT2D eigenvalue weighted by Crippen LogP contribution is -2.43. The maximum absolute atomic E-state index is 11.9. The van der Waals surface area contributed by atoms with Crippen molar-refractivity contribution in [2.24, 2.45) is 0 Å². The summed E-state index contributed by atoms with van der Waals surface area (Å²) >= 11 is 1.47. The summed E-state index contributed by atoms with van der Waals surface area (Å²) in [6.07, 6.45) is 3.31. The average molecular weight is 282 g/mol.